The van der Waals surface area contributed by atoms with E-state index in [1.165, 1.54) is 7.11 Å². The molecule has 5 rings (SSSR count). The summed E-state index contributed by atoms with van der Waals surface area (Å²) in [4.78, 5) is 13.6. The molecule has 0 amide bonds. The molecule has 0 aliphatic heterocycles. The molecule has 4 aromatic carbocycles. The molecule has 5 aromatic rings. The zero-order chi connectivity index (χ0) is 28.6. The molecule has 202 valence electrons. The van der Waals surface area contributed by atoms with E-state index in [1.54, 1.807) is 18.2 Å². The maximum absolute atomic E-state index is 13.9. The lowest BCUT2D eigenvalue weighted by atomic mass is 9.93. The van der Waals surface area contributed by atoms with Crippen LogP contribution in [-0.4, -0.2) is 22.6 Å². The summed E-state index contributed by atoms with van der Waals surface area (Å²) in [5, 5.41) is 11.0. The van der Waals surface area contributed by atoms with E-state index < -0.39 is 29.2 Å². The number of nitrogens with zero attached hydrogens (tertiary/aromatic N) is 1. The molecule has 0 radical (unpaired) electrons. The monoisotopic (exact) mass is 581 g/mol. The van der Waals surface area contributed by atoms with Crippen molar-refractivity contribution in [1.29, 1.82) is 0 Å². The lowest BCUT2D eigenvalue weighted by Crippen LogP contribution is -2.09. The SMILES string of the molecule is COc1ccc(C(=O)c2sc(=S)n(-c3ccc(F)c(C(F)(F)F)c3)c2O)c(-c2cccc(-c3ccccc3)c2)c1. The molecule has 4 nitrogen and oxygen atoms in total. The number of alkyl halides is 3. The third-order valence-electron chi connectivity index (χ3n) is 6.26. The van der Waals surface area contributed by atoms with Crippen LogP contribution in [0.2, 0.25) is 0 Å². The first-order chi connectivity index (χ1) is 19.1. The first-order valence-electron chi connectivity index (χ1n) is 11.8. The number of ether oxygens (including phenoxy) is 1. The molecule has 0 spiro atoms. The molecule has 1 N–H and O–H groups in total. The molecule has 0 aliphatic carbocycles. The fourth-order valence-corrected chi connectivity index (χ4v) is 5.60. The molecule has 1 aromatic heterocycles. The summed E-state index contributed by atoms with van der Waals surface area (Å²) in [5.74, 6) is -2.20. The topological polar surface area (TPSA) is 51.5 Å². The van der Waals surface area contributed by atoms with Gasteiger partial charge in [0.25, 0.3) is 0 Å². The van der Waals surface area contributed by atoms with Gasteiger partial charge < -0.3 is 9.84 Å². The van der Waals surface area contributed by atoms with Gasteiger partial charge in [-0.05, 0) is 76.9 Å². The van der Waals surface area contributed by atoms with Crippen LogP contribution in [0.4, 0.5) is 17.6 Å². The molecular weight excluding hydrogens is 562 g/mol. The maximum Gasteiger partial charge on any atom is 0.419 e. The Balaban J connectivity index is 1.62. The van der Waals surface area contributed by atoms with Gasteiger partial charge in [-0.25, -0.2) is 4.39 Å². The lowest BCUT2D eigenvalue weighted by Gasteiger charge is -2.13. The maximum atomic E-state index is 13.9. The van der Waals surface area contributed by atoms with E-state index in [2.05, 4.69) is 0 Å². The Labute approximate surface area is 235 Å². The molecule has 0 fully saturated rings. The number of benzene rings is 4. The number of methoxy groups -OCH3 is 1. The molecule has 0 aliphatic rings. The van der Waals surface area contributed by atoms with Crippen LogP contribution in [0.3, 0.4) is 0 Å². The van der Waals surface area contributed by atoms with Gasteiger partial charge >= 0.3 is 6.18 Å². The zero-order valence-corrected chi connectivity index (χ0v) is 22.3. The minimum Gasteiger partial charge on any atom is -0.497 e. The van der Waals surface area contributed by atoms with E-state index >= 15 is 0 Å². The highest BCUT2D eigenvalue weighted by atomic mass is 32.1. The predicted octanol–water partition coefficient (Wildman–Crippen LogP) is 8.71. The van der Waals surface area contributed by atoms with Gasteiger partial charge in [-0.15, -0.1) is 0 Å². The molecule has 0 saturated carbocycles. The molecule has 40 heavy (non-hydrogen) atoms. The van der Waals surface area contributed by atoms with Crippen molar-refractivity contribution in [1.82, 2.24) is 4.57 Å². The van der Waals surface area contributed by atoms with E-state index in [0.717, 1.165) is 33.1 Å². The number of carbonyl (C=O) groups excluding carboxylic acids is 1. The smallest absolute Gasteiger partial charge is 0.419 e. The van der Waals surface area contributed by atoms with Gasteiger partial charge in [0.15, 0.2) is 3.95 Å². The number of hydrogen-bond donors (Lipinski definition) is 1. The van der Waals surface area contributed by atoms with E-state index in [1.807, 2.05) is 54.6 Å². The van der Waals surface area contributed by atoms with E-state index in [9.17, 15) is 27.5 Å². The number of rotatable bonds is 6. The fourth-order valence-electron chi connectivity index (χ4n) is 4.32. The van der Waals surface area contributed by atoms with Crippen LogP contribution < -0.4 is 4.74 Å². The van der Waals surface area contributed by atoms with Gasteiger partial charge in [0.2, 0.25) is 11.7 Å². The standard InChI is InChI=1S/C30H19F4NO3S2/c1-38-21-11-12-22(23(16-21)19-9-5-8-18(14-19)17-6-3-2-4-7-17)26(36)27-28(37)35(29(39)40-27)20-10-13-25(31)24(15-20)30(32,33)34/h2-16,37H,1H3. The van der Waals surface area contributed by atoms with Crippen LogP contribution in [0.5, 0.6) is 11.6 Å². The largest absolute Gasteiger partial charge is 0.497 e. The number of aromatic hydroxyl groups is 1. The lowest BCUT2D eigenvalue weighted by molar-refractivity contribution is -0.140. The second kappa shape index (κ2) is 10.7. The summed E-state index contributed by atoms with van der Waals surface area (Å²) >= 11 is 6.03. The van der Waals surface area contributed by atoms with Gasteiger partial charge in [-0.1, -0.05) is 59.9 Å². The Kier molecular flexibility index (Phi) is 7.31. The van der Waals surface area contributed by atoms with Crippen molar-refractivity contribution in [2.75, 3.05) is 7.11 Å². The van der Waals surface area contributed by atoms with Crippen LogP contribution in [0, 0.1) is 9.77 Å². The number of thiazole rings is 1. The van der Waals surface area contributed by atoms with Crippen molar-refractivity contribution in [3.8, 4) is 39.6 Å². The first-order valence-corrected chi connectivity index (χ1v) is 13.0. The Hall–Kier alpha value is -4.28. The second-order valence-electron chi connectivity index (χ2n) is 8.71. The Morgan fingerprint density at radius 3 is 2.30 bits per heavy atom. The van der Waals surface area contributed by atoms with Gasteiger partial charge in [-0.2, -0.15) is 13.2 Å². The predicted molar refractivity (Wildman–Crippen MR) is 148 cm³/mol. The summed E-state index contributed by atoms with van der Waals surface area (Å²) in [6, 6.07) is 24.3. The van der Waals surface area contributed by atoms with Crippen molar-refractivity contribution in [2.24, 2.45) is 0 Å². The number of hydrogen-bond acceptors (Lipinski definition) is 5. The second-order valence-corrected chi connectivity index (χ2v) is 10.3. The van der Waals surface area contributed by atoms with Gasteiger partial charge in [0, 0.05) is 5.56 Å². The molecule has 0 unspecified atom stereocenters. The summed E-state index contributed by atoms with van der Waals surface area (Å²) < 4.78 is 60.0. The highest BCUT2D eigenvalue weighted by Crippen LogP contribution is 2.38. The zero-order valence-electron chi connectivity index (χ0n) is 20.7. The molecule has 0 bridgehead atoms. The normalized spacial score (nSPS) is 11.4. The Morgan fingerprint density at radius 2 is 1.60 bits per heavy atom. The average molecular weight is 582 g/mol. The molecule has 0 atom stereocenters. The highest BCUT2D eigenvalue weighted by Gasteiger charge is 2.35. The van der Waals surface area contributed by atoms with Crippen LogP contribution >= 0.6 is 23.6 Å². The third-order valence-corrected chi connectivity index (χ3v) is 7.62. The van der Waals surface area contributed by atoms with Crippen molar-refractivity contribution in [3.63, 3.8) is 0 Å². The van der Waals surface area contributed by atoms with Gasteiger partial charge in [0.05, 0.1) is 18.4 Å². The van der Waals surface area contributed by atoms with E-state index in [-0.39, 0.29) is 20.1 Å². The summed E-state index contributed by atoms with van der Waals surface area (Å²) in [6.07, 6.45) is -4.96. The highest BCUT2D eigenvalue weighted by molar-refractivity contribution is 7.73. The van der Waals surface area contributed by atoms with Gasteiger partial charge in [0.1, 0.15) is 16.4 Å². The Morgan fingerprint density at radius 1 is 0.900 bits per heavy atom. The first kappa shape index (κ1) is 27.3. The number of carbonyl (C=O) groups is 1. The third kappa shape index (κ3) is 5.15. The van der Waals surface area contributed by atoms with Crippen LogP contribution in [0.15, 0.2) is 91.0 Å². The summed E-state index contributed by atoms with van der Waals surface area (Å²) in [5.41, 5.74) is 1.61. The van der Waals surface area contributed by atoms with Crippen LogP contribution in [0.25, 0.3) is 27.9 Å². The van der Waals surface area contributed by atoms with Crippen LogP contribution in [0.1, 0.15) is 20.8 Å². The summed E-state index contributed by atoms with van der Waals surface area (Å²) in [7, 11) is 1.50. The molecule has 10 heteroatoms. The van der Waals surface area contributed by atoms with Crippen molar-refractivity contribution in [2.45, 2.75) is 6.18 Å². The fraction of sp³-hybridized carbons (Fsp3) is 0.0667. The molecular formula is C30H19F4NO3S2. The average Bonchev–Trinajstić information content (AvgIpc) is 3.26. The van der Waals surface area contributed by atoms with Crippen molar-refractivity contribution >= 4 is 29.3 Å². The van der Waals surface area contributed by atoms with E-state index in [0.29, 0.717) is 29.0 Å². The van der Waals surface area contributed by atoms with Crippen LogP contribution in [-0.2, 0) is 6.18 Å². The quantitative estimate of drug-likeness (QED) is 0.124. The van der Waals surface area contributed by atoms with Crippen molar-refractivity contribution < 1.29 is 32.2 Å². The number of aromatic nitrogens is 1. The Bertz CT molecular complexity index is 1790. The minimum absolute atomic E-state index is 0.0817. The number of ketones is 1. The van der Waals surface area contributed by atoms with E-state index in [4.69, 9.17) is 17.0 Å². The molecule has 0 saturated heterocycles. The summed E-state index contributed by atoms with van der Waals surface area (Å²) in [6.45, 7) is 0. The van der Waals surface area contributed by atoms with Crippen molar-refractivity contribution in [3.05, 3.63) is 117 Å². The van der Waals surface area contributed by atoms with Gasteiger partial charge in [-0.3, -0.25) is 9.36 Å². The minimum atomic E-state index is -4.96. The molecule has 1 heterocycles. The number of halogens is 4.